The van der Waals surface area contributed by atoms with Crippen LogP contribution in [0.1, 0.15) is 25.1 Å². The number of hydrogen-bond donors (Lipinski definition) is 1. The lowest BCUT2D eigenvalue weighted by Gasteiger charge is -2.16. The molecule has 1 aliphatic rings. The van der Waals surface area contributed by atoms with Crippen molar-refractivity contribution < 1.29 is 32.3 Å². The van der Waals surface area contributed by atoms with E-state index in [0.29, 0.717) is 41.4 Å². The largest absolute Gasteiger partial charge is 0.609 e. The third kappa shape index (κ3) is 3.82. The number of nitrogens with zero attached hydrogens (tertiary/aromatic N) is 2. The van der Waals surface area contributed by atoms with Crippen LogP contribution in [-0.2, 0) is 16.9 Å². The van der Waals surface area contributed by atoms with Crippen LogP contribution in [0, 0.1) is 6.92 Å². The highest BCUT2D eigenvalue weighted by Gasteiger charge is 2.43. The Morgan fingerprint density at radius 3 is 2.50 bits per heavy atom. The lowest BCUT2D eigenvalue weighted by Crippen LogP contribution is -2.25. The Kier molecular flexibility index (Phi) is 5.33. The minimum absolute atomic E-state index is 0.0281. The maximum absolute atomic E-state index is 13.2. The third-order valence-electron chi connectivity index (χ3n) is 4.28. The number of benzene rings is 1. The van der Waals surface area contributed by atoms with Crippen LogP contribution in [-0.4, -0.2) is 39.0 Å². The van der Waals surface area contributed by atoms with Gasteiger partial charge in [0.1, 0.15) is 5.69 Å². The summed E-state index contributed by atoms with van der Waals surface area (Å²) >= 11 is -1.61. The Morgan fingerprint density at radius 1 is 1.13 bits per heavy atom. The van der Waals surface area contributed by atoms with Gasteiger partial charge >= 0.3 is 11.5 Å². The molecule has 8 nitrogen and oxygen atoms in total. The van der Waals surface area contributed by atoms with Crippen molar-refractivity contribution in [2.45, 2.75) is 38.0 Å². The van der Waals surface area contributed by atoms with E-state index in [1.165, 1.54) is 12.1 Å². The molecular formula is C19H19F2N3O5S. The minimum atomic E-state index is -3.71. The standard InChI is InChI=1S/C19H19F2N3O5S/c1-4-26-16-10(3)8-22-13(17(16)27-5-2)9-30(25)18-23-11-6-14-15(7-12(11)24-18)29-19(20,21)28-14/h6-8H,4-5,9H2,1-3H3,(H,23,24). The van der Waals surface area contributed by atoms with E-state index in [1.807, 2.05) is 20.8 Å². The smallest absolute Gasteiger partial charge is 0.586 e. The summed E-state index contributed by atoms with van der Waals surface area (Å²) in [5.41, 5.74) is 2.01. The molecule has 3 heterocycles. The Bertz CT molecular complexity index is 1050. The second kappa shape index (κ2) is 7.80. The number of aromatic nitrogens is 3. The fourth-order valence-corrected chi connectivity index (χ4v) is 4.07. The maximum Gasteiger partial charge on any atom is 0.586 e. The Balaban J connectivity index is 1.62. The first kappa shape index (κ1) is 20.5. The van der Waals surface area contributed by atoms with Crippen LogP contribution in [0.15, 0.2) is 23.5 Å². The molecule has 1 aromatic carbocycles. The molecule has 1 atom stereocenters. The molecular weight excluding hydrogens is 420 g/mol. The SMILES string of the molecule is CCOc1c(C)cnc(C[S+]([O-])c2nc3cc4c(cc3[nH]2)OC(F)(F)O4)c1OCC. The van der Waals surface area contributed by atoms with Crippen molar-refractivity contribution in [1.82, 2.24) is 15.0 Å². The van der Waals surface area contributed by atoms with Gasteiger partial charge in [-0.05, 0) is 20.8 Å². The zero-order valence-electron chi connectivity index (χ0n) is 16.5. The van der Waals surface area contributed by atoms with Crippen molar-refractivity contribution in [2.75, 3.05) is 13.2 Å². The number of aryl methyl sites for hydroxylation is 1. The van der Waals surface area contributed by atoms with Gasteiger partial charge in [0.2, 0.25) is 0 Å². The maximum atomic E-state index is 13.2. The molecule has 0 amide bonds. The van der Waals surface area contributed by atoms with E-state index in [0.717, 1.165) is 5.56 Å². The molecule has 0 fully saturated rings. The van der Waals surface area contributed by atoms with Crippen molar-refractivity contribution in [3.8, 4) is 23.0 Å². The second-order valence-corrected chi connectivity index (χ2v) is 7.79. The van der Waals surface area contributed by atoms with Crippen molar-refractivity contribution in [2.24, 2.45) is 0 Å². The van der Waals surface area contributed by atoms with Crippen molar-refractivity contribution in [1.29, 1.82) is 0 Å². The van der Waals surface area contributed by atoms with E-state index >= 15 is 0 Å². The van der Waals surface area contributed by atoms with E-state index in [1.54, 1.807) is 6.20 Å². The van der Waals surface area contributed by atoms with Crippen molar-refractivity contribution in [3.63, 3.8) is 0 Å². The first-order chi connectivity index (χ1) is 14.3. The monoisotopic (exact) mass is 439 g/mol. The van der Waals surface area contributed by atoms with Crippen LogP contribution in [0.5, 0.6) is 23.0 Å². The second-order valence-electron chi connectivity index (χ2n) is 6.43. The molecule has 0 aliphatic carbocycles. The number of H-pyrrole nitrogens is 1. The molecule has 1 aliphatic heterocycles. The van der Waals surface area contributed by atoms with Crippen molar-refractivity contribution >= 4 is 22.2 Å². The molecule has 0 saturated carbocycles. The third-order valence-corrected chi connectivity index (χ3v) is 5.44. The number of imidazole rings is 1. The summed E-state index contributed by atoms with van der Waals surface area (Å²) in [6.45, 7) is 6.40. The summed E-state index contributed by atoms with van der Waals surface area (Å²) in [6.07, 6.45) is -2.07. The molecule has 1 N–H and O–H groups in total. The summed E-state index contributed by atoms with van der Waals surface area (Å²) < 4.78 is 59.6. The van der Waals surface area contributed by atoms with Gasteiger partial charge in [0, 0.05) is 35.1 Å². The van der Waals surface area contributed by atoms with Crippen LogP contribution in [0.25, 0.3) is 11.0 Å². The fourth-order valence-electron chi connectivity index (χ4n) is 3.05. The number of fused-ring (bicyclic) bond motifs is 2. The molecule has 0 spiro atoms. The van der Waals surface area contributed by atoms with Crippen LogP contribution in [0.3, 0.4) is 0 Å². The predicted octanol–water partition coefficient (Wildman–Crippen LogP) is 3.69. The Hall–Kier alpha value is -2.79. The summed E-state index contributed by atoms with van der Waals surface area (Å²) in [6, 6.07) is 2.65. The molecule has 11 heteroatoms. The number of ether oxygens (including phenoxy) is 4. The predicted molar refractivity (Wildman–Crippen MR) is 104 cm³/mol. The molecule has 0 bridgehead atoms. The van der Waals surface area contributed by atoms with E-state index < -0.39 is 17.5 Å². The van der Waals surface area contributed by atoms with Gasteiger partial charge in [-0.1, -0.05) is 0 Å². The quantitative estimate of drug-likeness (QED) is 0.560. The first-order valence-electron chi connectivity index (χ1n) is 9.23. The molecule has 2 aromatic heterocycles. The summed E-state index contributed by atoms with van der Waals surface area (Å²) in [5.74, 6) is 0.801. The molecule has 0 saturated heterocycles. The number of pyridine rings is 1. The van der Waals surface area contributed by atoms with Gasteiger partial charge in [-0.15, -0.1) is 8.78 Å². The number of hydrogen-bond acceptors (Lipinski definition) is 7. The molecule has 0 radical (unpaired) electrons. The molecule has 30 heavy (non-hydrogen) atoms. The highest BCUT2D eigenvalue weighted by Crippen LogP contribution is 2.43. The van der Waals surface area contributed by atoms with Gasteiger partial charge in [-0.25, -0.2) is 0 Å². The lowest BCUT2D eigenvalue weighted by molar-refractivity contribution is -0.286. The van der Waals surface area contributed by atoms with Gasteiger partial charge in [-0.2, -0.15) is 4.98 Å². The molecule has 3 aromatic rings. The highest BCUT2D eigenvalue weighted by atomic mass is 32.2. The van der Waals surface area contributed by atoms with E-state index in [-0.39, 0.29) is 22.4 Å². The summed E-state index contributed by atoms with van der Waals surface area (Å²) in [5, 5.41) is 0.170. The number of aromatic amines is 1. The van der Waals surface area contributed by atoms with Crippen LogP contribution in [0.4, 0.5) is 8.78 Å². The Labute approximate surface area is 173 Å². The van der Waals surface area contributed by atoms with Crippen LogP contribution < -0.4 is 18.9 Å². The van der Waals surface area contributed by atoms with Crippen molar-refractivity contribution in [3.05, 3.63) is 29.6 Å². The van der Waals surface area contributed by atoms with E-state index in [9.17, 15) is 13.3 Å². The topological polar surface area (TPSA) is 102 Å². The molecule has 1 unspecified atom stereocenters. The van der Waals surface area contributed by atoms with Gasteiger partial charge in [0.05, 0.1) is 24.2 Å². The van der Waals surface area contributed by atoms with Gasteiger partial charge < -0.3 is 23.5 Å². The van der Waals surface area contributed by atoms with Crippen LogP contribution >= 0.6 is 0 Å². The van der Waals surface area contributed by atoms with Gasteiger partial charge in [-0.3, -0.25) is 9.97 Å². The van der Waals surface area contributed by atoms with E-state index in [4.69, 9.17) is 9.47 Å². The first-order valence-corrected chi connectivity index (χ1v) is 10.5. The molecule has 160 valence electrons. The molecule has 4 rings (SSSR count). The number of rotatable bonds is 7. The Morgan fingerprint density at radius 2 is 1.80 bits per heavy atom. The zero-order chi connectivity index (χ0) is 21.5. The average molecular weight is 439 g/mol. The normalized spacial score (nSPS) is 15.4. The van der Waals surface area contributed by atoms with Crippen LogP contribution in [0.2, 0.25) is 0 Å². The van der Waals surface area contributed by atoms with Gasteiger partial charge in [0.15, 0.2) is 28.8 Å². The van der Waals surface area contributed by atoms with Gasteiger partial charge in [0.25, 0.3) is 0 Å². The average Bonchev–Trinajstić information content (AvgIpc) is 3.22. The number of nitrogens with one attached hydrogen (secondary N) is 1. The zero-order valence-corrected chi connectivity index (χ0v) is 17.3. The minimum Gasteiger partial charge on any atom is -0.609 e. The fraction of sp³-hybridized carbons (Fsp3) is 0.368. The lowest BCUT2D eigenvalue weighted by atomic mass is 10.2. The number of halogens is 2. The summed E-state index contributed by atoms with van der Waals surface area (Å²) in [7, 11) is 0. The number of alkyl halides is 2. The summed E-state index contributed by atoms with van der Waals surface area (Å²) in [4.78, 5) is 11.5. The van der Waals surface area contributed by atoms with E-state index in [2.05, 4.69) is 24.4 Å². The highest BCUT2D eigenvalue weighted by molar-refractivity contribution is 7.90.